The Balaban J connectivity index is 1.99. The van der Waals surface area contributed by atoms with E-state index in [0.29, 0.717) is 23.6 Å². The Morgan fingerprint density at radius 2 is 1.81 bits per heavy atom. The Bertz CT molecular complexity index is 806. The number of ether oxygens (including phenoxy) is 2. The van der Waals surface area contributed by atoms with Crippen molar-refractivity contribution in [2.45, 2.75) is 0 Å². The maximum Gasteiger partial charge on any atom is 0.266 e. The zero-order valence-electron chi connectivity index (χ0n) is 14.9. The molecule has 0 saturated carbocycles. The highest BCUT2D eigenvalue weighted by Crippen LogP contribution is 2.33. The summed E-state index contributed by atoms with van der Waals surface area (Å²) in [5.74, 6) is 0.225. The van der Waals surface area contributed by atoms with Crippen LogP contribution in [0.5, 0.6) is 5.75 Å². The molecule has 0 radical (unpaired) electrons. The average molecular weight is 354 g/mol. The normalized spacial score (nSPS) is 19.3. The first-order valence-electron chi connectivity index (χ1n) is 8.38. The molecule has 0 N–H and O–H groups in total. The number of hydrogen-bond acceptors (Lipinski definition) is 4. The van der Waals surface area contributed by atoms with Gasteiger partial charge < -0.3 is 19.3 Å². The van der Waals surface area contributed by atoms with Crippen molar-refractivity contribution < 1.29 is 18.9 Å². The van der Waals surface area contributed by atoms with Crippen LogP contribution < -0.4 is 4.74 Å². The summed E-state index contributed by atoms with van der Waals surface area (Å²) in [6.07, 6.45) is 1.58. The molecular weight excluding hydrogens is 332 g/mol. The monoisotopic (exact) mass is 354 g/mol. The molecule has 3 rings (SSSR count). The van der Waals surface area contributed by atoms with Gasteiger partial charge >= 0.3 is 0 Å². The van der Waals surface area contributed by atoms with Crippen LogP contribution in [-0.4, -0.2) is 49.5 Å². The predicted molar refractivity (Wildman–Crippen MR) is 98.8 cm³/mol. The van der Waals surface area contributed by atoms with Gasteiger partial charge in [-0.3, -0.25) is 9.69 Å². The number of rotatable bonds is 6. The lowest BCUT2D eigenvalue weighted by Gasteiger charge is -2.36. The van der Waals surface area contributed by atoms with Crippen LogP contribution in [0, 0.1) is 5.21 Å². The van der Waals surface area contributed by atoms with Crippen LogP contribution >= 0.6 is 0 Å². The van der Waals surface area contributed by atoms with Crippen molar-refractivity contribution in [3.05, 3.63) is 77.1 Å². The number of quaternary nitrogens is 1. The Kier molecular flexibility index (Phi) is 5.37. The van der Waals surface area contributed by atoms with E-state index in [9.17, 15) is 10.0 Å². The van der Waals surface area contributed by atoms with Crippen LogP contribution in [0.4, 0.5) is 0 Å². The number of para-hydroxylation sites is 1. The summed E-state index contributed by atoms with van der Waals surface area (Å²) >= 11 is 0. The number of methoxy groups -OCH3 is 2. The Morgan fingerprint density at radius 3 is 2.50 bits per heavy atom. The Labute approximate surface area is 153 Å². The molecule has 136 valence electrons. The summed E-state index contributed by atoms with van der Waals surface area (Å²) in [5.41, 5.74) is 1.86. The van der Waals surface area contributed by atoms with Gasteiger partial charge in [-0.2, -0.15) is 0 Å². The van der Waals surface area contributed by atoms with Gasteiger partial charge in [-0.15, -0.1) is 0 Å². The van der Waals surface area contributed by atoms with E-state index in [-0.39, 0.29) is 19.1 Å². The fraction of sp³-hybridized carbons (Fsp3) is 0.250. The van der Waals surface area contributed by atoms with E-state index in [1.54, 1.807) is 37.6 Å². The molecule has 0 aromatic heterocycles. The Morgan fingerprint density at radius 1 is 1.12 bits per heavy atom. The smallest absolute Gasteiger partial charge is 0.266 e. The number of benzene rings is 2. The van der Waals surface area contributed by atoms with E-state index in [1.165, 1.54) is 12.0 Å². The first-order chi connectivity index (χ1) is 12.6. The van der Waals surface area contributed by atoms with Gasteiger partial charge in [-0.05, 0) is 12.1 Å². The minimum Gasteiger partial charge on any atom is -0.626 e. The molecule has 1 aliphatic rings. The van der Waals surface area contributed by atoms with Gasteiger partial charge in [0.2, 0.25) is 0 Å². The van der Waals surface area contributed by atoms with Gasteiger partial charge in [0.05, 0.1) is 19.3 Å². The average Bonchev–Trinajstić information content (AvgIpc) is 3.04. The highest BCUT2D eigenvalue weighted by Gasteiger charge is 2.36. The van der Waals surface area contributed by atoms with Gasteiger partial charge in [-0.25, -0.2) is 0 Å². The number of amides is 1. The van der Waals surface area contributed by atoms with Crippen LogP contribution in [0.25, 0.3) is 5.70 Å². The molecule has 2 aromatic rings. The van der Waals surface area contributed by atoms with Crippen LogP contribution in [0.1, 0.15) is 15.9 Å². The third-order valence-electron chi connectivity index (χ3n) is 4.36. The van der Waals surface area contributed by atoms with Gasteiger partial charge in [0, 0.05) is 12.7 Å². The van der Waals surface area contributed by atoms with E-state index in [0.717, 1.165) is 5.56 Å². The lowest BCUT2D eigenvalue weighted by atomic mass is 10.1. The van der Waals surface area contributed by atoms with Gasteiger partial charge in [-0.1, -0.05) is 42.5 Å². The molecule has 1 amide bonds. The van der Waals surface area contributed by atoms with Crippen LogP contribution in [-0.2, 0) is 4.74 Å². The SMILES string of the molecule is COCC[N+]1([O-])C=C(c2ccccc2)N(C(=O)c2ccccc2OC)C1. The first kappa shape index (κ1) is 18.1. The van der Waals surface area contributed by atoms with Crippen LogP contribution in [0.15, 0.2) is 60.8 Å². The van der Waals surface area contributed by atoms with E-state index < -0.39 is 4.65 Å². The molecule has 26 heavy (non-hydrogen) atoms. The minimum absolute atomic E-state index is 0.00443. The lowest BCUT2D eigenvalue weighted by molar-refractivity contribution is -0.830. The van der Waals surface area contributed by atoms with Crippen molar-refractivity contribution in [3.63, 3.8) is 0 Å². The second-order valence-corrected chi connectivity index (χ2v) is 6.12. The van der Waals surface area contributed by atoms with E-state index >= 15 is 0 Å². The van der Waals surface area contributed by atoms with Crippen molar-refractivity contribution in [1.82, 2.24) is 4.90 Å². The lowest BCUT2D eigenvalue weighted by Crippen LogP contribution is -2.43. The van der Waals surface area contributed by atoms with Gasteiger partial charge in [0.25, 0.3) is 5.91 Å². The molecule has 1 aliphatic heterocycles. The van der Waals surface area contributed by atoms with E-state index in [1.807, 2.05) is 30.3 Å². The van der Waals surface area contributed by atoms with Crippen LogP contribution in [0.3, 0.4) is 0 Å². The standard InChI is InChI=1S/C20H22N2O4/c1-25-13-12-22(24)14-18(16-8-4-3-5-9-16)21(15-22)20(23)17-10-6-7-11-19(17)26-2/h3-11,14H,12-13,15H2,1-2H3. The molecule has 0 spiro atoms. The van der Waals surface area contributed by atoms with Crippen molar-refractivity contribution >= 4 is 11.6 Å². The fourth-order valence-corrected chi connectivity index (χ4v) is 3.01. The van der Waals surface area contributed by atoms with Gasteiger partial charge in [0.1, 0.15) is 24.2 Å². The quantitative estimate of drug-likeness (QED) is 0.591. The molecule has 1 atom stereocenters. The maximum atomic E-state index is 13.2. The number of hydrogen-bond donors (Lipinski definition) is 0. The third-order valence-corrected chi connectivity index (χ3v) is 4.36. The molecule has 0 aliphatic carbocycles. The molecule has 6 heteroatoms. The largest absolute Gasteiger partial charge is 0.626 e. The molecule has 2 aromatic carbocycles. The van der Waals surface area contributed by atoms with E-state index in [2.05, 4.69) is 0 Å². The third kappa shape index (κ3) is 3.62. The summed E-state index contributed by atoms with van der Waals surface area (Å²) in [6.45, 7) is 0.561. The molecule has 1 unspecified atom stereocenters. The molecule has 0 bridgehead atoms. The van der Waals surface area contributed by atoms with Crippen molar-refractivity contribution in [2.24, 2.45) is 0 Å². The topological polar surface area (TPSA) is 61.8 Å². The zero-order chi connectivity index (χ0) is 18.6. The molecule has 1 heterocycles. The van der Waals surface area contributed by atoms with Crippen LogP contribution in [0.2, 0.25) is 0 Å². The Hall–Kier alpha value is -2.67. The summed E-state index contributed by atoms with van der Waals surface area (Å²) in [4.78, 5) is 14.7. The molecular formula is C20H22N2O4. The molecule has 0 saturated heterocycles. The van der Waals surface area contributed by atoms with Gasteiger partial charge in [0.15, 0.2) is 6.67 Å². The highest BCUT2D eigenvalue weighted by molar-refractivity contribution is 6.01. The second-order valence-electron chi connectivity index (χ2n) is 6.12. The summed E-state index contributed by atoms with van der Waals surface area (Å²) in [5, 5.41) is 13.1. The van der Waals surface area contributed by atoms with Crippen molar-refractivity contribution in [1.29, 1.82) is 0 Å². The second kappa shape index (κ2) is 7.70. The number of hydroxylamine groups is 3. The van der Waals surface area contributed by atoms with Crippen molar-refractivity contribution in [3.8, 4) is 5.75 Å². The molecule has 0 fully saturated rings. The maximum absolute atomic E-state index is 13.2. The minimum atomic E-state index is -0.640. The summed E-state index contributed by atoms with van der Waals surface area (Å²) < 4.78 is 9.73. The van der Waals surface area contributed by atoms with Crippen molar-refractivity contribution in [2.75, 3.05) is 34.0 Å². The number of carbonyl (C=O) groups is 1. The first-order valence-corrected chi connectivity index (χ1v) is 8.38. The molecule has 6 nitrogen and oxygen atoms in total. The van der Waals surface area contributed by atoms with E-state index in [4.69, 9.17) is 9.47 Å². The fourth-order valence-electron chi connectivity index (χ4n) is 3.01. The highest BCUT2D eigenvalue weighted by atomic mass is 16.6. The number of nitrogens with zero attached hydrogens (tertiary/aromatic N) is 2. The zero-order valence-corrected chi connectivity index (χ0v) is 14.9. The summed E-state index contributed by atoms with van der Waals surface area (Å²) in [7, 11) is 3.08. The predicted octanol–water partition coefficient (Wildman–Crippen LogP) is 3.07. The summed E-state index contributed by atoms with van der Waals surface area (Å²) in [6, 6.07) is 16.5. The number of carbonyl (C=O) groups excluding carboxylic acids is 1.